The molecule has 2 heterocycles. The van der Waals surface area contributed by atoms with Crippen molar-refractivity contribution in [3.63, 3.8) is 0 Å². The van der Waals surface area contributed by atoms with E-state index in [0.29, 0.717) is 11.1 Å². The third-order valence-electron chi connectivity index (χ3n) is 3.24. The number of thiophene rings is 1. The number of oxazole rings is 1. The quantitative estimate of drug-likeness (QED) is 0.747. The lowest BCUT2D eigenvalue weighted by atomic mass is 10.3. The molecule has 3 rings (SSSR count). The van der Waals surface area contributed by atoms with Gasteiger partial charge in [-0.15, -0.1) is 11.3 Å². The summed E-state index contributed by atoms with van der Waals surface area (Å²) in [6.07, 6.45) is -0.748. The predicted molar refractivity (Wildman–Crippen MR) is 82.8 cm³/mol. The molecule has 22 heavy (non-hydrogen) atoms. The molecule has 0 fully saturated rings. The summed E-state index contributed by atoms with van der Waals surface area (Å²) >= 11 is 1.42. The summed E-state index contributed by atoms with van der Waals surface area (Å²) in [5.41, 5.74) is 1.01. The molecule has 7 heteroatoms. The standard InChI is InChI=1S/C15H14N2O4S/c18-11(13-6-3-7-22-13)8-16-14(19)9-17-10-4-1-2-5-12(10)21-15(17)20/h1-7,11,18H,8-9H2,(H,16,19). The average molecular weight is 318 g/mol. The Morgan fingerprint density at radius 2 is 2.14 bits per heavy atom. The van der Waals surface area contributed by atoms with Crippen LogP contribution in [0, 0.1) is 0 Å². The van der Waals surface area contributed by atoms with Crippen LogP contribution in [0.1, 0.15) is 11.0 Å². The number of aromatic nitrogens is 1. The highest BCUT2D eigenvalue weighted by Crippen LogP contribution is 2.17. The van der Waals surface area contributed by atoms with Crippen LogP contribution in [-0.4, -0.2) is 22.1 Å². The molecular weight excluding hydrogens is 304 g/mol. The van der Waals surface area contributed by atoms with Gasteiger partial charge in [0.15, 0.2) is 5.58 Å². The van der Waals surface area contributed by atoms with Gasteiger partial charge in [-0.25, -0.2) is 4.79 Å². The summed E-state index contributed by atoms with van der Waals surface area (Å²) in [5.74, 6) is -0.931. The number of aliphatic hydroxyl groups is 1. The zero-order valence-electron chi connectivity index (χ0n) is 11.6. The van der Waals surface area contributed by atoms with E-state index in [1.807, 2.05) is 11.4 Å². The molecule has 0 aliphatic rings. The third kappa shape index (κ3) is 2.95. The van der Waals surface area contributed by atoms with Crippen LogP contribution in [0.2, 0.25) is 0 Å². The van der Waals surface area contributed by atoms with Gasteiger partial charge in [0.25, 0.3) is 0 Å². The van der Waals surface area contributed by atoms with Crippen molar-refractivity contribution in [3.8, 4) is 0 Å². The largest absolute Gasteiger partial charge is 0.420 e. The summed E-state index contributed by atoms with van der Waals surface area (Å²) in [7, 11) is 0. The number of para-hydroxylation sites is 2. The molecule has 114 valence electrons. The van der Waals surface area contributed by atoms with Gasteiger partial charge < -0.3 is 14.8 Å². The van der Waals surface area contributed by atoms with Crippen LogP contribution in [0.3, 0.4) is 0 Å². The molecule has 1 unspecified atom stereocenters. The summed E-state index contributed by atoms with van der Waals surface area (Å²) in [4.78, 5) is 24.5. The van der Waals surface area contributed by atoms with E-state index in [1.165, 1.54) is 15.9 Å². The second-order valence-corrected chi connectivity index (χ2v) is 5.74. The molecule has 0 bridgehead atoms. The SMILES string of the molecule is O=C(Cn1c(=O)oc2ccccc21)NCC(O)c1cccs1. The number of rotatable bonds is 5. The van der Waals surface area contributed by atoms with Gasteiger partial charge in [-0.05, 0) is 23.6 Å². The average Bonchev–Trinajstić information content (AvgIpc) is 3.14. The van der Waals surface area contributed by atoms with Crippen molar-refractivity contribution in [2.75, 3.05) is 6.54 Å². The van der Waals surface area contributed by atoms with E-state index in [2.05, 4.69) is 5.32 Å². The monoisotopic (exact) mass is 318 g/mol. The molecule has 2 N–H and O–H groups in total. The fourth-order valence-corrected chi connectivity index (χ4v) is 2.87. The zero-order chi connectivity index (χ0) is 15.5. The Bertz CT molecular complexity index is 835. The molecule has 1 atom stereocenters. The number of fused-ring (bicyclic) bond motifs is 1. The number of amides is 1. The van der Waals surface area contributed by atoms with Gasteiger partial charge in [-0.3, -0.25) is 9.36 Å². The van der Waals surface area contributed by atoms with Crippen molar-refractivity contribution in [3.05, 3.63) is 57.2 Å². The molecule has 0 saturated carbocycles. The normalized spacial score (nSPS) is 12.4. The first-order valence-electron chi connectivity index (χ1n) is 6.71. The first-order valence-corrected chi connectivity index (χ1v) is 7.59. The van der Waals surface area contributed by atoms with Crippen LogP contribution in [0.25, 0.3) is 11.1 Å². The second kappa shape index (κ2) is 6.17. The third-order valence-corrected chi connectivity index (χ3v) is 4.21. The minimum Gasteiger partial charge on any atom is -0.408 e. The van der Waals surface area contributed by atoms with Crippen molar-refractivity contribution in [2.24, 2.45) is 0 Å². The lowest BCUT2D eigenvalue weighted by molar-refractivity contribution is -0.122. The number of hydrogen-bond donors (Lipinski definition) is 2. The topological polar surface area (TPSA) is 84.5 Å². The zero-order valence-corrected chi connectivity index (χ0v) is 12.4. The van der Waals surface area contributed by atoms with Crippen LogP contribution >= 0.6 is 11.3 Å². The van der Waals surface area contributed by atoms with Crippen molar-refractivity contribution >= 4 is 28.3 Å². The highest BCUT2D eigenvalue weighted by atomic mass is 32.1. The van der Waals surface area contributed by atoms with Crippen LogP contribution in [0.5, 0.6) is 0 Å². The Balaban J connectivity index is 1.66. The maximum atomic E-state index is 12.0. The smallest absolute Gasteiger partial charge is 0.408 e. The number of hydrogen-bond acceptors (Lipinski definition) is 5. The Hall–Kier alpha value is -2.38. The van der Waals surface area contributed by atoms with Crippen molar-refractivity contribution in [2.45, 2.75) is 12.6 Å². The van der Waals surface area contributed by atoms with E-state index in [9.17, 15) is 14.7 Å². The molecule has 3 aromatic rings. The number of nitrogens with zero attached hydrogens (tertiary/aromatic N) is 1. The number of nitrogens with one attached hydrogen (secondary N) is 1. The Kier molecular flexibility index (Phi) is 4.08. The maximum absolute atomic E-state index is 12.0. The molecule has 0 spiro atoms. The van der Waals surface area contributed by atoms with Crippen LogP contribution in [0.4, 0.5) is 0 Å². The van der Waals surface area contributed by atoms with Gasteiger partial charge in [0.1, 0.15) is 12.6 Å². The first-order chi connectivity index (χ1) is 10.6. The van der Waals surface area contributed by atoms with Crippen LogP contribution < -0.4 is 11.1 Å². The van der Waals surface area contributed by atoms with Gasteiger partial charge in [-0.2, -0.15) is 0 Å². The molecule has 0 radical (unpaired) electrons. The molecule has 0 aliphatic heterocycles. The van der Waals surface area contributed by atoms with Gasteiger partial charge in [-0.1, -0.05) is 18.2 Å². The summed E-state index contributed by atoms with van der Waals surface area (Å²) in [6, 6.07) is 10.6. The Morgan fingerprint density at radius 3 is 2.91 bits per heavy atom. The second-order valence-electron chi connectivity index (χ2n) is 4.76. The van der Waals surface area contributed by atoms with Gasteiger partial charge in [0.2, 0.25) is 5.91 Å². The number of benzene rings is 1. The number of carbonyl (C=O) groups is 1. The summed E-state index contributed by atoms with van der Waals surface area (Å²) in [6.45, 7) is -0.0448. The Labute approximate surface area is 129 Å². The van der Waals surface area contributed by atoms with E-state index in [4.69, 9.17) is 4.42 Å². The van der Waals surface area contributed by atoms with E-state index in [1.54, 1.807) is 30.3 Å². The van der Waals surface area contributed by atoms with E-state index in [0.717, 1.165) is 4.88 Å². The molecule has 1 amide bonds. The predicted octanol–water partition coefficient (Wildman–Crippen LogP) is 1.51. The molecular formula is C15H14N2O4S. The Morgan fingerprint density at radius 1 is 1.32 bits per heavy atom. The van der Waals surface area contributed by atoms with E-state index < -0.39 is 11.9 Å². The van der Waals surface area contributed by atoms with Crippen LogP contribution in [0.15, 0.2) is 51.0 Å². The lowest BCUT2D eigenvalue weighted by Gasteiger charge is -2.10. The van der Waals surface area contributed by atoms with Crippen LogP contribution in [-0.2, 0) is 11.3 Å². The van der Waals surface area contributed by atoms with E-state index in [-0.39, 0.29) is 19.0 Å². The fraction of sp³-hybridized carbons (Fsp3) is 0.200. The molecule has 2 aromatic heterocycles. The summed E-state index contributed by atoms with van der Waals surface area (Å²) < 4.78 is 6.33. The first kappa shape index (κ1) is 14.6. The number of carbonyl (C=O) groups excluding carboxylic acids is 1. The van der Waals surface area contributed by atoms with Gasteiger partial charge in [0.05, 0.1) is 5.52 Å². The molecule has 1 aromatic carbocycles. The minimum absolute atomic E-state index is 0.101. The maximum Gasteiger partial charge on any atom is 0.420 e. The summed E-state index contributed by atoms with van der Waals surface area (Å²) in [5, 5.41) is 14.4. The molecule has 0 aliphatic carbocycles. The van der Waals surface area contributed by atoms with Gasteiger partial charge >= 0.3 is 5.76 Å². The molecule has 6 nitrogen and oxygen atoms in total. The van der Waals surface area contributed by atoms with Crippen molar-refractivity contribution < 1.29 is 14.3 Å². The highest BCUT2D eigenvalue weighted by Gasteiger charge is 2.14. The van der Waals surface area contributed by atoms with Crippen molar-refractivity contribution in [1.29, 1.82) is 0 Å². The van der Waals surface area contributed by atoms with Gasteiger partial charge in [0, 0.05) is 11.4 Å². The fourth-order valence-electron chi connectivity index (χ4n) is 2.16. The highest BCUT2D eigenvalue weighted by molar-refractivity contribution is 7.10. The van der Waals surface area contributed by atoms with E-state index >= 15 is 0 Å². The minimum atomic E-state index is -0.748. The molecule has 0 saturated heterocycles. The van der Waals surface area contributed by atoms with Crippen molar-refractivity contribution in [1.82, 2.24) is 9.88 Å². The number of aliphatic hydroxyl groups excluding tert-OH is 1. The lowest BCUT2D eigenvalue weighted by Crippen LogP contribution is -2.33.